The van der Waals surface area contributed by atoms with Crippen LogP contribution in [0.15, 0.2) is 48.5 Å². The van der Waals surface area contributed by atoms with Crippen molar-refractivity contribution in [3.05, 3.63) is 70.8 Å². The third-order valence-corrected chi connectivity index (χ3v) is 3.69. The summed E-state index contributed by atoms with van der Waals surface area (Å²) >= 11 is 0. The molecule has 0 saturated carbocycles. The molecule has 0 atom stereocenters. The first-order chi connectivity index (χ1) is 10.2. The maximum Gasteiger partial charge on any atom is 0.255 e. The van der Waals surface area contributed by atoms with Crippen molar-refractivity contribution in [2.45, 2.75) is 19.1 Å². The molecule has 3 rings (SSSR count). The predicted octanol–water partition coefficient (Wildman–Crippen LogP) is 3.35. The summed E-state index contributed by atoms with van der Waals surface area (Å²) in [6, 6.07) is 14.1. The van der Waals surface area contributed by atoms with Gasteiger partial charge in [-0.25, -0.2) is 5.26 Å². The number of ketones is 1. The van der Waals surface area contributed by atoms with Crippen LogP contribution in [0, 0.1) is 0 Å². The van der Waals surface area contributed by atoms with E-state index in [1.807, 2.05) is 6.92 Å². The number of benzene rings is 2. The van der Waals surface area contributed by atoms with Crippen LogP contribution < -0.4 is 0 Å². The van der Waals surface area contributed by atoms with Crippen LogP contribution in [0.1, 0.15) is 40.4 Å². The van der Waals surface area contributed by atoms with Gasteiger partial charge in [0.1, 0.15) is 0 Å². The number of fused-ring (bicyclic) bond motifs is 2. The van der Waals surface area contributed by atoms with E-state index in [9.17, 15) is 10.1 Å². The smallest absolute Gasteiger partial charge is 0.255 e. The van der Waals surface area contributed by atoms with Gasteiger partial charge in [-0.2, -0.15) is 4.89 Å². The zero-order valence-electron chi connectivity index (χ0n) is 11.7. The van der Waals surface area contributed by atoms with Gasteiger partial charge in [-0.3, -0.25) is 4.79 Å². The van der Waals surface area contributed by atoms with Crippen molar-refractivity contribution in [3.63, 3.8) is 0 Å². The number of hydrogen-bond donors (Lipinski definition) is 1. The minimum atomic E-state index is -1.45. The van der Waals surface area contributed by atoms with Crippen molar-refractivity contribution in [1.82, 2.24) is 0 Å². The van der Waals surface area contributed by atoms with E-state index in [1.165, 1.54) is 0 Å². The van der Waals surface area contributed by atoms with Crippen LogP contribution in [0.4, 0.5) is 0 Å². The number of ether oxygens (including phenoxy) is 1. The van der Waals surface area contributed by atoms with Gasteiger partial charge < -0.3 is 4.74 Å². The fourth-order valence-electron chi connectivity index (χ4n) is 2.75. The topological polar surface area (TPSA) is 55.8 Å². The summed E-state index contributed by atoms with van der Waals surface area (Å²) in [5, 5.41) is 9.61. The van der Waals surface area contributed by atoms with Crippen molar-refractivity contribution in [3.8, 4) is 0 Å². The molecule has 0 saturated heterocycles. The molecular weight excluding hydrogens is 268 g/mol. The van der Waals surface area contributed by atoms with Crippen molar-refractivity contribution >= 4 is 5.78 Å². The summed E-state index contributed by atoms with van der Waals surface area (Å²) in [5.74, 6) is -1.54. The highest BCUT2D eigenvalue weighted by Gasteiger charge is 2.46. The Bertz CT molecular complexity index is 628. The molecule has 0 bridgehead atoms. The highest BCUT2D eigenvalue weighted by Crippen LogP contribution is 2.43. The molecule has 0 amide bonds. The fourth-order valence-corrected chi connectivity index (χ4v) is 2.75. The number of carbonyl (C=O) groups is 1. The normalized spacial score (nSPS) is 15.4. The van der Waals surface area contributed by atoms with Gasteiger partial charge in [0.15, 0.2) is 5.78 Å². The summed E-state index contributed by atoms with van der Waals surface area (Å²) in [7, 11) is 0. The molecule has 0 unspecified atom stereocenters. The van der Waals surface area contributed by atoms with E-state index in [-0.39, 0.29) is 5.78 Å². The third-order valence-electron chi connectivity index (χ3n) is 3.69. The molecule has 108 valence electrons. The molecule has 21 heavy (non-hydrogen) atoms. The first-order valence-electron chi connectivity index (χ1n) is 6.95. The maximum absolute atomic E-state index is 12.6. The quantitative estimate of drug-likeness (QED) is 0.531. The van der Waals surface area contributed by atoms with E-state index in [0.29, 0.717) is 28.9 Å². The summed E-state index contributed by atoms with van der Waals surface area (Å²) in [4.78, 5) is 17.4. The highest BCUT2D eigenvalue weighted by atomic mass is 17.1. The third kappa shape index (κ3) is 2.00. The molecule has 4 heteroatoms. The van der Waals surface area contributed by atoms with Gasteiger partial charge in [0.05, 0.1) is 6.61 Å². The van der Waals surface area contributed by atoms with E-state index in [1.54, 1.807) is 48.5 Å². The molecule has 0 heterocycles. The Morgan fingerprint density at radius 2 is 1.52 bits per heavy atom. The predicted molar refractivity (Wildman–Crippen MR) is 77.1 cm³/mol. The number of rotatable bonds is 4. The van der Waals surface area contributed by atoms with E-state index >= 15 is 0 Å². The van der Waals surface area contributed by atoms with E-state index in [2.05, 4.69) is 0 Å². The molecule has 1 aliphatic rings. The lowest BCUT2D eigenvalue weighted by Gasteiger charge is -2.36. The van der Waals surface area contributed by atoms with Crippen LogP contribution >= 0.6 is 0 Å². The Hall–Kier alpha value is -2.01. The lowest BCUT2D eigenvalue weighted by atomic mass is 9.80. The zero-order chi connectivity index (χ0) is 14.9. The Labute approximate surface area is 122 Å². The molecule has 2 aromatic carbocycles. The molecule has 0 aliphatic heterocycles. The lowest BCUT2D eigenvalue weighted by molar-refractivity contribution is -0.396. The van der Waals surface area contributed by atoms with Crippen molar-refractivity contribution < 1.29 is 19.7 Å². The largest absolute Gasteiger partial charge is 0.340 e. The number of carbonyl (C=O) groups excluding carboxylic acids is 1. The minimum absolute atomic E-state index is 0.0889. The SMILES string of the molecule is CCCOC1(OO)c2ccccc2C(=O)c2ccccc21. The van der Waals surface area contributed by atoms with Gasteiger partial charge in [0.2, 0.25) is 0 Å². The molecule has 0 spiro atoms. The Balaban J connectivity index is 2.28. The van der Waals surface area contributed by atoms with Crippen molar-refractivity contribution in [2.24, 2.45) is 0 Å². The molecule has 4 nitrogen and oxygen atoms in total. The monoisotopic (exact) mass is 284 g/mol. The Morgan fingerprint density at radius 1 is 1.00 bits per heavy atom. The van der Waals surface area contributed by atoms with Crippen molar-refractivity contribution in [1.29, 1.82) is 0 Å². The zero-order valence-corrected chi connectivity index (χ0v) is 11.7. The van der Waals surface area contributed by atoms with Gasteiger partial charge in [-0.15, -0.1) is 0 Å². The second kappa shape index (κ2) is 5.41. The highest BCUT2D eigenvalue weighted by molar-refractivity contribution is 6.12. The Morgan fingerprint density at radius 3 is 2.00 bits per heavy atom. The van der Waals surface area contributed by atoms with Gasteiger partial charge in [0, 0.05) is 22.3 Å². The molecule has 1 aliphatic carbocycles. The second-order valence-electron chi connectivity index (χ2n) is 4.98. The van der Waals surface area contributed by atoms with Gasteiger partial charge in [-0.05, 0) is 6.42 Å². The van der Waals surface area contributed by atoms with Crippen LogP contribution in [-0.2, 0) is 15.4 Å². The summed E-state index contributed by atoms with van der Waals surface area (Å²) in [6.07, 6.45) is 0.767. The fraction of sp³-hybridized carbons (Fsp3) is 0.235. The molecule has 2 aromatic rings. The van der Waals surface area contributed by atoms with Crippen molar-refractivity contribution in [2.75, 3.05) is 6.61 Å². The van der Waals surface area contributed by atoms with Crippen LogP contribution in [0.3, 0.4) is 0 Å². The Kier molecular flexibility index (Phi) is 3.59. The minimum Gasteiger partial charge on any atom is -0.340 e. The standard InChI is InChI=1S/C17H16O4/c1-2-11-20-17(21-19)14-9-5-3-7-12(14)16(18)13-8-4-6-10-15(13)17/h3-10,19H,2,11H2,1H3. The van der Waals surface area contributed by atoms with E-state index in [4.69, 9.17) is 9.62 Å². The van der Waals surface area contributed by atoms with Crippen LogP contribution in [-0.4, -0.2) is 17.6 Å². The van der Waals surface area contributed by atoms with Gasteiger partial charge in [-0.1, -0.05) is 55.5 Å². The first-order valence-corrected chi connectivity index (χ1v) is 6.95. The molecular formula is C17H16O4. The average Bonchev–Trinajstić information content (AvgIpc) is 2.56. The first kappa shape index (κ1) is 13.9. The lowest BCUT2D eigenvalue weighted by Crippen LogP contribution is -2.40. The molecule has 0 fully saturated rings. The van der Waals surface area contributed by atoms with Crippen LogP contribution in [0.5, 0.6) is 0 Å². The molecule has 0 aromatic heterocycles. The average molecular weight is 284 g/mol. The maximum atomic E-state index is 12.6. The van der Waals surface area contributed by atoms with Gasteiger partial charge in [0.25, 0.3) is 5.79 Å². The van der Waals surface area contributed by atoms with Crippen LogP contribution in [0.25, 0.3) is 0 Å². The van der Waals surface area contributed by atoms with E-state index < -0.39 is 5.79 Å². The summed E-state index contributed by atoms with van der Waals surface area (Å²) in [6.45, 7) is 2.37. The summed E-state index contributed by atoms with van der Waals surface area (Å²) in [5.41, 5.74) is 2.04. The summed E-state index contributed by atoms with van der Waals surface area (Å²) < 4.78 is 5.85. The second-order valence-corrected chi connectivity index (χ2v) is 4.98. The molecule has 1 N–H and O–H groups in total. The molecule has 0 radical (unpaired) electrons. The van der Waals surface area contributed by atoms with Gasteiger partial charge >= 0.3 is 0 Å². The number of hydrogen-bond acceptors (Lipinski definition) is 4. The van der Waals surface area contributed by atoms with Crippen LogP contribution in [0.2, 0.25) is 0 Å². The van der Waals surface area contributed by atoms with E-state index in [0.717, 1.165) is 6.42 Å².